The molecule has 0 bridgehead atoms. The molecule has 0 unspecified atom stereocenters. The fourth-order valence-corrected chi connectivity index (χ4v) is 5.12. The average Bonchev–Trinajstić information content (AvgIpc) is 2.85. The summed E-state index contributed by atoms with van der Waals surface area (Å²) in [7, 11) is -3.96. The van der Waals surface area contributed by atoms with Gasteiger partial charge in [-0.3, -0.25) is 9.10 Å². The fourth-order valence-electron chi connectivity index (χ4n) is 3.55. The van der Waals surface area contributed by atoms with Crippen LogP contribution >= 0.6 is 11.6 Å². The lowest BCUT2D eigenvalue weighted by Gasteiger charge is -2.29. The zero-order valence-electron chi connectivity index (χ0n) is 17.9. The SMILES string of the molecule is O=C(CN(c1ccc(Cl)cc1)S(=O)(=O)c1ccccc1)Nc1ccc(N2CCOCC2)cc1. The Morgan fingerprint density at radius 1 is 0.939 bits per heavy atom. The van der Waals surface area contributed by atoms with Gasteiger partial charge in [0.2, 0.25) is 5.91 Å². The second-order valence-corrected chi connectivity index (χ2v) is 9.79. The number of carbonyl (C=O) groups excluding carboxylic acids is 1. The van der Waals surface area contributed by atoms with Crippen LogP contribution < -0.4 is 14.5 Å². The van der Waals surface area contributed by atoms with Crippen LogP contribution in [-0.2, 0) is 19.6 Å². The van der Waals surface area contributed by atoms with Gasteiger partial charge in [-0.05, 0) is 60.7 Å². The molecule has 1 heterocycles. The first-order valence-electron chi connectivity index (χ1n) is 10.5. The number of ether oxygens (including phenoxy) is 1. The Labute approximate surface area is 198 Å². The zero-order chi connectivity index (χ0) is 23.3. The molecule has 0 atom stereocenters. The maximum absolute atomic E-state index is 13.3. The van der Waals surface area contributed by atoms with Crippen LogP contribution in [0, 0.1) is 0 Å². The van der Waals surface area contributed by atoms with Gasteiger partial charge in [-0.25, -0.2) is 8.42 Å². The molecule has 3 aromatic carbocycles. The molecule has 0 spiro atoms. The third kappa shape index (κ3) is 5.65. The molecule has 9 heteroatoms. The van der Waals surface area contributed by atoms with Gasteiger partial charge in [0, 0.05) is 29.5 Å². The number of hydrogen-bond donors (Lipinski definition) is 1. The highest BCUT2D eigenvalue weighted by atomic mass is 35.5. The van der Waals surface area contributed by atoms with Crippen molar-refractivity contribution in [1.29, 1.82) is 0 Å². The molecule has 0 aromatic heterocycles. The summed E-state index contributed by atoms with van der Waals surface area (Å²) >= 11 is 5.97. The average molecular weight is 486 g/mol. The minimum Gasteiger partial charge on any atom is -0.378 e. The van der Waals surface area contributed by atoms with Crippen LogP contribution in [0.5, 0.6) is 0 Å². The highest BCUT2D eigenvalue weighted by molar-refractivity contribution is 7.92. The number of amides is 1. The molecule has 1 fully saturated rings. The van der Waals surface area contributed by atoms with Crippen molar-refractivity contribution in [1.82, 2.24) is 0 Å². The topological polar surface area (TPSA) is 79.0 Å². The number of nitrogens with zero attached hydrogens (tertiary/aromatic N) is 2. The largest absolute Gasteiger partial charge is 0.378 e. The number of rotatable bonds is 7. The molecule has 0 saturated carbocycles. The van der Waals surface area contributed by atoms with E-state index in [2.05, 4.69) is 10.2 Å². The molecule has 33 heavy (non-hydrogen) atoms. The molecule has 1 saturated heterocycles. The van der Waals surface area contributed by atoms with Crippen molar-refractivity contribution in [3.8, 4) is 0 Å². The van der Waals surface area contributed by atoms with Crippen LogP contribution in [0.3, 0.4) is 0 Å². The van der Waals surface area contributed by atoms with E-state index in [1.54, 1.807) is 54.6 Å². The van der Waals surface area contributed by atoms with Gasteiger partial charge in [-0.2, -0.15) is 0 Å². The summed E-state index contributed by atoms with van der Waals surface area (Å²) in [4.78, 5) is 15.2. The van der Waals surface area contributed by atoms with Gasteiger partial charge in [-0.15, -0.1) is 0 Å². The fraction of sp³-hybridized carbons (Fsp3) is 0.208. The van der Waals surface area contributed by atoms with E-state index in [1.807, 2.05) is 12.1 Å². The minimum absolute atomic E-state index is 0.0996. The Hall–Kier alpha value is -3.07. The smallest absolute Gasteiger partial charge is 0.264 e. The standard InChI is InChI=1S/C24H24ClN3O4S/c25-19-6-10-22(11-7-19)28(33(30,31)23-4-2-1-3-5-23)18-24(29)26-20-8-12-21(13-9-20)27-14-16-32-17-15-27/h1-13H,14-18H2,(H,26,29). The molecule has 3 aromatic rings. The number of hydrogen-bond acceptors (Lipinski definition) is 5. The van der Waals surface area contributed by atoms with Gasteiger partial charge in [-0.1, -0.05) is 29.8 Å². The van der Waals surface area contributed by atoms with E-state index in [0.717, 1.165) is 23.1 Å². The summed E-state index contributed by atoms with van der Waals surface area (Å²) in [6.45, 7) is 2.63. The van der Waals surface area contributed by atoms with Crippen LogP contribution in [0.15, 0.2) is 83.8 Å². The van der Waals surface area contributed by atoms with E-state index >= 15 is 0 Å². The second kappa shape index (κ2) is 10.2. The molecule has 1 aliphatic rings. The molecule has 172 valence electrons. The lowest BCUT2D eigenvalue weighted by Crippen LogP contribution is -2.38. The first-order chi connectivity index (χ1) is 15.9. The van der Waals surface area contributed by atoms with Crippen molar-refractivity contribution in [2.24, 2.45) is 0 Å². The van der Waals surface area contributed by atoms with Gasteiger partial charge in [0.05, 0.1) is 23.8 Å². The van der Waals surface area contributed by atoms with Gasteiger partial charge >= 0.3 is 0 Å². The van der Waals surface area contributed by atoms with Crippen molar-refractivity contribution >= 4 is 44.6 Å². The lowest BCUT2D eigenvalue weighted by molar-refractivity contribution is -0.114. The molecule has 7 nitrogen and oxygen atoms in total. The van der Waals surface area contributed by atoms with E-state index in [1.165, 1.54) is 12.1 Å². The molecular formula is C24H24ClN3O4S. The quantitative estimate of drug-likeness (QED) is 0.547. The van der Waals surface area contributed by atoms with Crippen molar-refractivity contribution in [3.05, 3.63) is 83.9 Å². The van der Waals surface area contributed by atoms with Crippen LogP contribution in [0.4, 0.5) is 17.1 Å². The number of halogens is 1. The van der Waals surface area contributed by atoms with Gasteiger partial charge < -0.3 is 15.0 Å². The third-order valence-electron chi connectivity index (χ3n) is 5.26. The molecule has 0 radical (unpaired) electrons. The summed E-state index contributed by atoms with van der Waals surface area (Å²) in [6.07, 6.45) is 0. The number of anilines is 3. The van der Waals surface area contributed by atoms with Crippen molar-refractivity contribution < 1.29 is 17.9 Å². The van der Waals surface area contributed by atoms with Crippen molar-refractivity contribution in [2.45, 2.75) is 4.90 Å². The molecule has 1 N–H and O–H groups in total. The maximum Gasteiger partial charge on any atom is 0.264 e. The first kappa shape index (κ1) is 23.1. The number of nitrogens with one attached hydrogen (secondary N) is 1. The molecular weight excluding hydrogens is 462 g/mol. The highest BCUT2D eigenvalue weighted by Crippen LogP contribution is 2.25. The van der Waals surface area contributed by atoms with Gasteiger partial charge in [0.1, 0.15) is 6.54 Å². The molecule has 1 aliphatic heterocycles. The minimum atomic E-state index is -3.96. The van der Waals surface area contributed by atoms with E-state index in [0.29, 0.717) is 29.6 Å². The molecule has 4 rings (SSSR count). The third-order valence-corrected chi connectivity index (χ3v) is 7.30. The van der Waals surface area contributed by atoms with E-state index < -0.39 is 15.9 Å². The number of sulfonamides is 1. The second-order valence-electron chi connectivity index (χ2n) is 7.50. The van der Waals surface area contributed by atoms with E-state index in [-0.39, 0.29) is 11.4 Å². The van der Waals surface area contributed by atoms with Crippen LogP contribution in [0.25, 0.3) is 0 Å². The monoisotopic (exact) mass is 485 g/mol. The molecule has 1 amide bonds. The van der Waals surface area contributed by atoms with Gasteiger partial charge in [0.15, 0.2) is 0 Å². The Kier molecular flexibility index (Phi) is 7.17. The first-order valence-corrected chi connectivity index (χ1v) is 12.3. The lowest BCUT2D eigenvalue weighted by atomic mass is 10.2. The molecule has 0 aliphatic carbocycles. The predicted octanol–water partition coefficient (Wildman–Crippen LogP) is 4.01. The maximum atomic E-state index is 13.3. The van der Waals surface area contributed by atoms with Crippen LogP contribution in [0.2, 0.25) is 5.02 Å². The summed E-state index contributed by atoms with van der Waals surface area (Å²) in [5, 5.41) is 3.27. The zero-order valence-corrected chi connectivity index (χ0v) is 19.4. The number of benzene rings is 3. The van der Waals surface area contributed by atoms with E-state index in [9.17, 15) is 13.2 Å². The number of morpholine rings is 1. The normalized spacial score (nSPS) is 14.0. The summed E-state index contributed by atoms with van der Waals surface area (Å²) in [5.41, 5.74) is 1.98. The van der Waals surface area contributed by atoms with E-state index in [4.69, 9.17) is 16.3 Å². The van der Waals surface area contributed by atoms with Gasteiger partial charge in [0.25, 0.3) is 10.0 Å². The van der Waals surface area contributed by atoms with Crippen LogP contribution in [0.1, 0.15) is 0 Å². The van der Waals surface area contributed by atoms with Crippen molar-refractivity contribution in [2.75, 3.05) is 47.4 Å². The highest BCUT2D eigenvalue weighted by Gasteiger charge is 2.27. The Morgan fingerprint density at radius 3 is 2.21 bits per heavy atom. The van der Waals surface area contributed by atoms with Crippen molar-refractivity contribution in [3.63, 3.8) is 0 Å². The predicted molar refractivity (Wildman–Crippen MR) is 131 cm³/mol. The Bertz CT molecular complexity index is 1180. The summed E-state index contributed by atoms with van der Waals surface area (Å²) < 4.78 is 33.1. The Morgan fingerprint density at radius 2 is 1.58 bits per heavy atom. The summed E-state index contributed by atoms with van der Waals surface area (Å²) in [6, 6.07) is 21.8. The summed E-state index contributed by atoms with van der Waals surface area (Å²) in [5.74, 6) is -0.455. The number of carbonyl (C=O) groups is 1. The van der Waals surface area contributed by atoms with Crippen LogP contribution in [-0.4, -0.2) is 47.2 Å². The Balaban J connectivity index is 1.52.